The molecule has 9 heavy (non-hydrogen) atoms. The van der Waals surface area contributed by atoms with Crippen molar-refractivity contribution >= 4 is 17.8 Å². The highest BCUT2D eigenvalue weighted by molar-refractivity contribution is 6.29. The summed E-state index contributed by atoms with van der Waals surface area (Å²) in [5.74, 6) is 0. The maximum Gasteiger partial charge on any atom is 0.0207 e. The third-order valence-electron chi connectivity index (χ3n) is 0.804. The average molecular weight is 144 g/mol. The molecule has 0 aliphatic carbocycles. The summed E-state index contributed by atoms with van der Waals surface area (Å²) in [5, 5.41) is 7.52. The lowest BCUT2D eigenvalue weighted by Crippen LogP contribution is -1.71. The van der Waals surface area contributed by atoms with Crippen molar-refractivity contribution in [2.24, 2.45) is 0 Å². The van der Waals surface area contributed by atoms with Gasteiger partial charge in [-0.05, 0) is 25.5 Å². The first kappa shape index (κ1) is 8.44. The first-order valence-corrected chi connectivity index (χ1v) is 3.05. The van der Waals surface area contributed by atoms with E-state index in [4.69, 9.17) is 17.0 Å². The van der Waals surface area contributed by atoms with E-state index in [0.29, 0.717) is 0 Å². The molecule has 0 aromatic heterocycles. The Morgan fingerprint density at radius 1 is 1.33 bits per heavy atom. The zero-order valence-electron chi connectivity index (χ0n) is 5.61. The van der Waals surface area contributed by atoms with Gasteiger partial charge in [0, 0.05) is 11.2 Å². The molecule has 0 radical (unpaired) electrons. The van der Waals surface area contributed by atoms with E-state index in [9.17, 15) is 0 Å². The van der Waals surface area contributed by atoms with Crippen LogP contribution >= 0.6 is 11.6 Å². The summed E-state index contributed by atoms with van der Waals surface area (Å²) in [5.41, 5.74) is 0.898. The minimum absolute atomic E-state index is 0.733. The summed E-state index contributed by atoms with van der Waals surface area (Å²) in [7, 11) is 0. The summed E-state index contributed by atoms with van der Waals surface area (Å²) >= 11 is 5.52. The molecule has 0 aromatic rings. The Balaban J connectivity index is 3.98. The number of hydrogen-bond acceptors (Lipinski definition) is 1. The van der Waals surface area contributed by atoms with Crippen LogP contribution in [0.4, 0.5) is 0 Å². The summed E-state index contributed by atoms with van der Waals surface area (Å²) in [6.45, 7) is 3.65. The molecule has 0 aliphatic rings. The first-order chi connectivity index (χ1) is 4.16. The van der Waals surface area contributed by atoms with Crippen molar-refractivity contribution in [1.29, 1.82) is 5.41 Å². The van der Waals surface area contributed by atoms with Crippen LogP contribution in [-0.2, 0) is 0 Å². The van der Waals surface area contributed by atoms with Gasteiger partial charge in [0.25, 0.3) is 0 Å². The van der Waals surface area contributed by atoms with Crippen LogP contribution in [0, 0.1) is 5.41 Å². The molecule has 0 aromatic carbocycles. The van der Waals surface area contributed by atoms with Crippen molar-refractivity contribution in [1.82, 2.24) is 0 Å². The van der Waals surface area contributed by atoms with E-state index < -0.39 is 0 Å². The molecular formula is C7H10ClN. The van der Waals surface area contributed by atoms with Gasteiger partial charge in [0.2, 0.25) is 0 Å². The SMILES string of the molecule is C/C(C=N)=C/C=C(\C)Cl. The molecule has 0 rings (SSSR count). The Bertz CT molecular complexity index is 152. The molecular weight excluding hydrogens is 134 g/mol. The van der Waals surface area contributed by atoms with E-state index >= 15 is 0 Å². The second kappa shape index (κ2) is 4.33. The van der Waals surface area contributed by atoms with Gasteiger partial charge < -0.3 is 5.41 Å². The molecule has 0 unspecified atom stereocenters. The zero-order chi connectivity index (χ0) is 7.28. The molecule has 0 spiro atoms. The van der Waals surface area contributed by atoms with Gasteiger partial charge >= 0.3 is 0 Å². The van der Waals surface area contributed by atoms with Gasteiger partial charge in [-0.15, -0.1) is 0 Å². The molecule has 50 valence electrons. The lowest BCUT2D eigenvalue weighted by atomic mass is 10.3. The van der Waals surface area contributed by atoms with Crippen LogP contribution in [0.1, 0.15) is 13.8 Å². The average Bonchev–Trinajstić information content (AvgIpc) is 1.83. The van der Waals surface area contributed by atoms with Crippen LogP contribution in [0.25, 0.3) is 0 Å². The predicted octanol–water partition coefficient (Wildman–Crippen LogP) is 2.72. The molecule has 0 aliphatic heterocycles. The quantitative estimate of drug-likeness (QED) is 0.454. The van der Waals surface area contributed by atoms with Gasteiger partial charge in [-0.3, -0.25) is 0 Å². The van der Waals surface area contributed by atoms with Crippen LogP contribution in [0.15, 0.2) is 22.8 Å². The Hall–Kier alpha value is -0.560. The summed E-state index contributed by atoms with van der Waals surface area (Å²) in [6.07, 6.45) is 4.85. The minimum Gasteiger partial charge on any atom is -0.308 e. The standard InChI is InChI=1S/C7H10ClN/c1-6(5-9)3-4-7(2)8/h3-5,9H,1-2H3/b6-3-,7-4+,9-5?. The molecule has 0 saturated heterocycles. The van der Waals surface area contributed by atoms with Crippen molar-refractivity contribution in [3.63, 3.8) is 0 Å². The lowest BCUT2D eigenvalue weighted by molar-refractivity contribution is 1.50. The van der Waals surface area contributed by atoms with E-state index in [1.165, 1.54) is 6.21 Å². The zero-order valence-corrected chi connectivity index (χ0v) is 6.37. The van der Waals surface area contributed by atoms with E-state index in [0.717, 1.165) is 10.6 Å². The van der Waals surface area contributed by atoms with Gasteiger partial charge in [-0.2, -0.15) is 0 Å². The van der Waals surface area contributed by atoms with Crippen molar-refractivity contribution < 1.29 is 0 Å². The first-order valence-electron chi connectivity index (χ1n) is 2.68. The third-order valence-corrected chi connectivity index (χ3v) is 0.930. The highest BCUT2D eigenvalue weighted by Gasteiger charge is 1.77. The van der Waals surface area contributed by atoms with Gasteiger partial charge in [0.15, 0.2) is 0 Å². The monoisotopic (exact) mass is 143 g/mol. The molecule has 1 nitrogen and oxygen atoms in total. The van der Waals surface area contributed by atoms with Gasteiger partial charge in [0.1, 0.15) is 0 Å². The fraction of sp³-hybridized carbons (Fsp3) is 0.286. The topological polar surface area (TPSA) is 23.9 Å². The molecule has 0 fully saturated rings. The second-order valence-corrected chi connectivity index (χ2v) is 2.40. The minimum atomic E-state index is 0.733. The number of rotatable bonds is 2. The third kappa shape index (κ3) is 5.31. The molecule has 0 atom stereocenters. The predicted molar refractivity (Wildman–Crippen MR) is 42.2 cm³/mol. The van der Waals surface area contributed by atoms with Crippen LogP contribution in [0.5, 0.6) is 0 Å². The summed E-state index contributed by atoms with van der Waals surface area (Å²) in [4.78, 5) is 0. The number of hydrogen-bond donors (Lipinski definition) is 1. The smallest absolute Gasteiger partial charge is 0.0207 e. The second-order valence-electron chi connectivity index (χ2n) is 1.81. The van der Waals surface area contributed by atoms with Crippen LogP contribution in [0.3, 0.4) is 0 Å². The fourth-order valence-corrected chi connectivity index (χ4v) is 0.357. The lowest BCUT2D eigenvalue weighted by Gasteiger charge is -1.83. The normalized spacial score (nSPS) is 13.7. The van der Waals surface area contributed by atoms with Gasteiger partial charge in [-0.1, -0.05) is 17.7 Å². The molecule has 0 saturated carbocycles. The van der Waals surface area contributed by atoms with E-state index in [1.807, 2.05) is 6.92 Å². The fourth-order valence-electron chi connectivity index (χ4n) is 0.294. The summed E-state index contributed by atoms with van der Waals surface area (Å²) in [6, 6.07) is 0. The van der Waals surface area contributed by atoms with Crippen molar-refractivity contribution in [2.75, 3.05) is 0 Å². The largest absolute Gasteiger partial charge is 0.308 e. The Labute approximate surface area is 60.5 Å². The highest BCUT2D eigenvalue weighted by Crippen LogP contribution is 1.99. The molecule has 1 N–H and O–H groups in total. The maximum absolute atomic E-state index is 6.79. The number of nitrogens with one attached hydrogen (secondary N) is 1. The van der Waals surface area contributed by atoms with E-state index in [-0.39, 0.29) is 0 Å². The van der Waals surface area contributed by atoms with E-state index in [2.05, 4.69) is 0 Å². The van der Waals surface area contributed by atoms with Gasteiger partial charge in [-0.25, -0.2) is 0 Å². The highest BCUT2D eigenvalue weighted by atomic mass is 35.5. The Kier molecular flexibility index (Phi) is 4.06. The molecule has 0 amide bonds. The molecule has 0 heterocycles. The van der Waals surface area contributed by atoms with E-state index in [1.54, 1.807) is 19.1 Å². The van der Waals surface area contributed by atoms with Crippen LogP contribution in [-0.4, -0.2) is 6.21 Å². The van der Waals surface area contributed by atoms with Crippen LogP contribution < -0.4 is 0 Å². The number of halogens is 1. The van der Waals surface area contributed by atoms with Gasteiger partial charge in [0.05, 0.1) is 0 Å². The molecule has 2 heteroatoms. The van der Waals surface area contributed by atoms with Crippen molar-refractivity contribution in [3.8, 4) is 0 Å². The molecule has 0 bridgehead atoms. The van der Waals surface area contributed by atoms with Crippen molar-refractivity contribution in [3.05, 3.63) is 22.8 Å². The number of allylic oxidation sites excluding steroid dienone is 4. The maximum atomic E-state index is 6.79. The Morgan fingerprint density at radius 3 is 2.22 bits per heavy atom. The van der Waals surface area contributed by atoms with Crippen LogP contribution in [0.2, 0.25) is 0 Å². The summed E-state index contributed by atoms with van der Waals surface area (Å²) < 4.78 is 0. The Morgan fingerprint density at radius 2 is 1.89 bits per heavy atom. The van der Waals surface area contributed by atoms with Crippen molar-refractivity contribution in [2.45, 2.75) is 13.8 Å².